The van der Waals surface area contributed by atoms with E-state index < -0.39 is 11.2 Å². The number of rotatable bonds is 7. The molecule has 0 aliphatic heterocycles. The number of nitrogens with one attached hydrogen (secondary N) is 1. The maximum absolute atomic E-state index is 12.1. The molecule has 0 aliphatic carbocycles. The molecule has 2 aromatic carbocycles. The van der Waals surface area contributed by atoms with Crippen LogP contribution in [-0.2, 0) is 14.3 Å². The average molecular weight is 380 g/mol. The monoisotopic (exact) mass is 380 g/mol. The number of ether oxygens (including phenoxy) is 1. The fraction of sp³-hybridized carbons (Fsp3) is 0.190. The molecule has 0 spiro atoms. The summed E-state index contributed by atoms with van der Waals surface area (Å²) in [5, 5.41) is -0.440. The highest BCUT2D eigenvalue weighted by atomic mass is 32.2. The van der Waals surface area contributed by atoms with Gasteiger partial charge in [0.25, 0.3) is 0 Å². The second-order valence-electron chi connectivity index (χ2n) is 5.86. The number of hydrogen-bond donors (Lipinski definition) is 1. The van der Waals surface area contributed by atoms with Crippen LogP contribution in [0.4, 0.5) is 0 Å². The highest BCUT2D eigenvalue weighted by Gasteiger charge is 2.28. The Hall–Kier alpha value is -2.86. The zero-order chi connectivity index (χ0) is 19.2. The van der Waals surface area contributed by atoms with Crippen molar-refractivity contribution in [3.63, 3.8) is 0 Å². The number of benzene rings is 2. The molecule has 0 saturated carbocycles. The molecule has 1 aromatic heterocycles. The van der Waals surface area contributed by atoms with Crippen molar-refractivity contribution in [3.8, 4) is 22.5 Å². The number of ketones is 1. The predicted octanol–water partition coefficient (Wildman–Crippen LogP) is 4.36. The van der Waals surface area contributed by atoms with Gasteiger partial charge in [-0.05, 0) is 13.8 Å². The number of nitrogens with zero attached hydrogens (tertiary/aromatic N) is 1. The number of carbonyl (C=O) groups is 2. The van der Waals surface area contributed by atoms with Crippen LogP contribution in [0.5, 0.6) is 0 Å². The highest BCUT2D eigenvalue weighted by molar-refractivity contribution is 8.01. The van der Waals surface area contributed by atoms with Crippen molar-refractivity contribution in [1.29, 1.82) is 0 Å². The predicted molar refractivity (Wildman–Crippen MR) is 106 cm³/mol. The lowest BCUT2D eigenvalue weighted by Crippen LogP contribution is -2.27. The van der Waals surface area contributed by atoms with Gasteiger partial charge in [0, 0.05) is 11.1 Å². The summed E-state index contributed by atoms with van der Waals surface area (Å²) in [4.78, 5) is 32.0. The Morgan fingerprint density at radius 2 is 1.63 bits per heavy atom. The first kappa shape index (κ1) is 18.9. The van der Waals surface area contributed by atoms with E-state index in [0.29, 0.717) is 5.16 Å². The number of thioether (sulfide) groups is 1. The molecule has 3 rings (SSSR count). The first-order valence-corrected chi connectivity index (χ1v) is 9.52. The molecule has 138 valence electrons. The second kappa shape index (κ2) is 8.68. The van der Waals surface area contributed by atoms with Crippen molar-refractivity contribution in [2.45, 2.75) is 24.3 Å². The fourth-order valence-electron chi connectivity index (χ4n) is 2.65. The SMILES string of the molecule is CCOC(=O)C(Sc1nc(-c2ccccc2)c(-c2ccccc2)[nH]1)C(C)=O. The van der Waals surface area contributed by atoms with Crippen molar-refractivity contribution < 1.29 is 14.3 Å². The normalized spacial score (nSPS) is 11.8. The van der Waals surface area contributed by atoms with Crippen LogP contribution in [0, 0.1) is 0 Å². The summed E-state index contributed by atoms with van der Waals surface area (Å²) in [5.74, 6) is -0.814. The first-order chi connectivity index (χ1) is 13.1. The summed E-state index contributed by atoms with van der Waals surface area (Å²) in [5.41, 5.74) is 3.55. The smallest absolute Gasteiger partial charge is 0.327 e. The summed E-state index contributed by atoms with van der Waals surface area (Å²) >= 11 is 1.08. The quantitative estimate of drug-likeness (QED) is 0.375. The minimum Gasteiger partial charge on any atom is -0.465 e. The number of carbonyl (C=O) groups excluding carboxylic acids is 2. The zero-order valence-corrected chi connectivity index (χ0v) is 16.0. The maximum atomic E-state index is 12.1. The number of aromatic amines is 1. The van der Waals surface area contributed by atoms with Crippen molar-refractivity contribution >= 4 is 23.5 Å². The summed E-state index contributed by atoms with van der Waals surface area (Å²) in [6.07, 6.45) is 0. The molecule has 1 heterocycles. The molecule has 0 radical (unpaired) electrons. The molecule has 6 heteroatoms. The molecule has 0 amide bonds. The van der Waals surface area contributed by atoms with Gasteiger partial charge in [0.15, 0.2) is 16.2 Å². The molecule has 27 heavy (non-hydrogen) atoms. The minimum atomic E-state index is -0.941. The third-order valence-electron chi connectivity index (χ3n) is 3.89. The van der Waals surface area contributed by atoms with E-state index in [-0.39, 0.29) is 12.4 Å². The van der Waals surface area contributed by atoms with E-state index in [1.807, 2.05) is 60.7 Å². The van der Waals surface area contributed by atoms with Gasteiger partial charge in [0.05, 0.1) is 18.0 Å². The maximum Gasteiger partial charge on any atom is 0.327 e. The molecular formula is C21H20N2O3S. The Bertz CT molecular complexity index is 866. The van der Waals surface area contributed by atoms with Gasteiger partial charge in [-0.1, -0.05) is 72.4 Å². The number of Topliss-reactive ketones (excluding diaryl/α,β-unsaturated/α-hetero) is 1. The number of H-pyrrole nitrogens is 1. The molecule has 0 saturated heterocycles. The van der Waals surface area contributed by atoms with Crippen molar-refractivity contribution in [3.05, 3.63) is 60.7 Å². The largest absolute Gasteiger partial charge is 0.465 e. The number of aromatic nitrogens is 2. The first-order valence-electron chi connectivity index (χ1n) is 8.64. The van der Waals surface area contributed by atoms with Gasteiger partial charge in [0.1, 0.15) is 0 Å². The minimum absolute atomic E-state index is 0.228. The molecule has 0 bridgehead atoms. The van der Waals surface area contributed by atoms with E-state index in [1.165, 1.54) is 6.92 Å². The van der Waals surface area contributed by atoms with Crippen LogP contribution in [0.25, 0.3) is 22.5 Å². The Kier molecular flexibility index (Phi) is 6.08. The van der Waals surface area contributed by atoms with Crippen LogP contribution in [-0.4, -0.2) is 33.6 Å². The lowest BCUT2D eigenvalue weighted by Gasteiger charge is -2.10. The number of hydrogen-bond acceptors (Lipinski definition) is 5. The van der Waals surface area contributed by atoms with Crippen LogP contribution < -0.4 is 0 Å². The molecule has 0 aliphatic rings. The lowest BCUT2D eigenvalue weighted by molar-refractivity contribution is -0.144. The van der Waals surface area contributed by atoms with Gasteiger partial charge in [-0.15, -0.1) is 0 Å². The molecule has 1 N–H and O–H groups in total. The van der Waals surface area contributed by atoms with Gasteiger partial charge in [0.2, 0.25) is 0 Å². The Morgan fingerprint density at radius 1 is 1.04 bits per heavy atom. The van der Waals surface area contributed by atoms with Crippen LogP contribution in [0.3, 0.4) is 0 Å². The summed E-state index contributed by atoms with van der Waals surface area (Å²) in [6, 6.07) is 19.6. The molecule has 0 fully saturated rings. The van der Waals surface area contributed by atoms with E-state index in [1.54, 1.807) is 6.92 Å². The Balaban J connectivity index is 2.01. The number of esters is 1. The summed E-state index contributed by atoms with van der Waals surface area (Å²) < 4.78 is 5.02. The number of imidazole rings is 1. The third-order valence-corrected chi connectivity index (χ3v) is 5.07. The van der Waals surface area contributed by atoms with Gasteiger partial charge >= 0.3 is 5.97 Å². The summed E-state index contributed by atoms with van der Waals surface area (Å²) in [6.45, 7) is 3.33. The van der Waals surface area contributed by atoms with Crippen molar-refractivity contribution in [2.24, 2.45) is 0 Å². The molecule has 1 unspecified atom stereocenters. The molecular weight excluding hydrogens is 360 g/mol. The summed E-state index contributed by atoms with van der Waals surface area (Å²) in [7, 11) is 0. The lowest BCUT2D eigenvalue weighted by atomic mass is 10.1. The van der Waals surface area contributed by atoms with Gasteiger partial charge < -0.3 is 9.72 Å². The van der Waals surface area contributed by atoms with Gasteiger partial charge in [-0.3, -0.25) is 9.59 Å². The van der Waals surface area contributed by atoms with E-state index >= 15 is 0 Å². The topological polar surface area (TPSA) is 72.0 Å². The third kappa shape index (κ3) is 4.46. The molecule has 1 atom stereocenters. The van der Waals surface area contributed by atoms with E-state index in [4.69, 9.17) is 4.74 Å². The van der Waals surface area contributed by atoms with Crippen molar-refractivity contribution in [1.82, 2.24) is 9.97 Å². The van der Waals surface area contributed by atoms with Gasteiger partial charge in [-0.25, -0.2) is 4.98 Å². The average Bonchev–Trinajstić information content (AvgIpc) is 3.11. The standard InChI is InChI=1S/C21H20N2O3S/c1-3-26-20(25)19(14(2)24)27-21-22-17(15-10-6-4-7-11-15)18(23-21)16-12-8-5-9-13-16/h4-13,19H,3H2,1-2H3,(H,22,23). The van der Waals surface area contributed by atoms with E-state index in [9.17, 15) is 9.59 Å². The van der Waals surface area contributed by atoms with Crippen LogP contribution >= 0.6 is 11.8 Å². The van der Waals surface area contributed by atoms with Crippen LogP contribution in [0.2, 0.25) is 0 Å². The molecule has 3 aromatic rings. The Morgan fingerprint density at radius 3 is 2.19 bits per heavy atom. The van der Waals surface area contributed by atoms with E-state index in [0.717, 1.165) is 34.3 Å². The zero-order valence-electron chi connectivity index (χ0n) is 15.1. The Labute approximate surface area is 162 Å². The highest BCUT2D eigenvalue weighted by Crippen LogP contribution is 2.34. The van der Waals surface area contributed by atoms with Gasteiger partial charge in [-0.2, -0.15) is 0 Å². The van der Waals surface area contributed by atoms with Crippen molar-refractivity contribution in [2.75, 3.05) is 6.61 Å². The molecule has 5 nitrogen and oxygen atoms in total. The van der Waals surface area contributed by atoms with E-state index in [2.05, 4.69) is 9.97 Å². The van der Waals surface area contributed by atoms with Crippen LogP contribution in [0.1, 0.15) is 13.8 Å². The fourth-order valence-corrected chi connectivity index (χ4v) is 3.51. The van der Waals surface area contributed by atoms with Crippen LogP contribution in [0.15, 0.2) is 65.8 Å². The second-order valence-corrected chi connectivity index (χ2v) is 6.95.